The van der Waals surface area contributed by atoms with Crippen molar-refractivity contribution in [3.63, 3.8) is 0 Å². The highest BCUT2D eigenvalue weighted by atomic mass is 16.5. The van der Waals surface area contributed by atoms with Crippen molar-refractivity contribution >= 4 is 0 Å². The van der Waals surface area contributed by atoms with Gasteiger partial charge in [0.1, 0.15) is 0 Å². The van der Waals surface area contributed by atoms with Crippen LogP contribution < -0.4 is 0 Å². The van der Waals surface area contributed by atoms with E-state index in [9.17, 15) is 0 Å². The van der Waals surface area contributed by atoms with Gasteiger partial charge in [-0.25, -0.2) is 0 Å². The number of ether oxygens (including phenoxy) is 1. The number of aryl methyl sites for hydroxylation is 1. The molecule has 0 heterocycles. The van der Waals surface area contributed by atoms with E-state index >= 15 is 0 Å². The summed E-state index contributed by atoms with van der Waals surface area (Å²) < 4.78 is 5.49. The van der Waals surface area contributed by atoms with Gasteiger partial charge in [0.25, 0.3) is 0 Å². The maximum Gasteiger partial charge on any atom is 0.0756 e. The zero-order valence-corrected chi connectivity index (χ0v) is 8.78. The molecule has 0 aromatic heterocycles. The van der Waals surface area contributed by atoms with Crippen LogP contribution >= 0.6 is 0 Å². The van der Waals surface area contributed by atoms with Gasteiger partial charge in [0.15, 0.2) is 0 Å². The zero-order valence-electron chi connectivity index (χ0n) is 8.78. The van der Waals surface area contributed by atoms with Crippen LogP contribution in [0.3, 0.4) is 0 Å². The van der Waals surface area contributed by atoms with Crippen molar-refractivity contribution in [1.29, 1.82) is 0 Å². The molecule has 0 amide bonds. The molecule has 0 N–H and O–H groups in total. The van der Waals surface area contributed by atoms with Gasteiger partial charge in [-0.3, -0.25) is 0 Å². The lowest BCUT2D eigenvalue weighted by Crippen LogP contribution is -2.10. The number of hydrogen-bond donors (Lipinski definition) is 0. The molecule has 1 atom stereocenters. The summed E-state index contributed by atoms with van der Waals surface area (Å²) in [5.41, 5.74) is 1.36. The van der Waals surface area contributed by atoms with Crippen LogP contribution in [0.1, 0.15) is 18.9 Å². The van der Waals surface area contributed by atoms with Crippen LogP contribution in [0.25, 0.3) is 0 Å². The second-order valence-electron chi connectivity index (χ2n) is 3.25. The maximum atomic E-state index is 5.49. The average molecular weight is 190 g/mol. The van der Waals surface area contributed by atoms with Crippen molar-refractivity contribution < 1.29 is 4.74 Å². The molecule has 0 saturated carbocycles. The monoisotopic (exact) mass is 190 g/mol. The molecule has 0 fully saturated rings. The van der Waals surface area contributed by atoms with Crippen molar-refractivity contribution in [2.75, 3.05) is 6.61 Å². The molecule has 14 heavy (non-hydrogen) atoms. The third-order valence-electron chi connectivity index (χ3n) is 2.20. The SMILES string of the molecule is C=C[C@@H](CCc1ccccc1)OCC. The normalized spacial score (nSPS) is 12.4. The van der Waals surface area contributed by atoms with E-state index in [1.54, 1.807) is 0 Å². The van der Waals surface area contributed by atoms with E-state index in [-0.39, 0.29) is 6.10 Å². The first kappa shape index (κ1) is 11.0. The average Bonchev–Trinajstić information content (AvgIpc) is 2.25. The molecule has 1 aromatic rings. The van der Waals surface area contributed by atoms with Gasteiger partial charge in [-0.05, 0) is 25.3 Å². The van der Waals surface area contributed by atoms with Gasteiger partial charge < -0.3 is 4.74 Å². The van der Waals surface area contributed by atoms with E-state index in [0.29, 0.717) is 0 Å². The van der Waals surface area contributed by atoms with Crippen LogP contribution in [0.2, 0.25) is 0 Å². The number of benzene rings is 1. The molecule has 1 rings (SSSR count). The molecule has 0 radical (unpaired) electrons. The molecule has 0 aliphatic carbocycles. The Labute approximate surface area is 86.4 Å². The summed E-state index contributed by atoms with van der Waals surface area (Å²) >= 11 is 0. The standard InChI is InChI=1S/C13H18O/c1-3-13(14-4-2)11-10-12-8-6-5-7-9-12/h3,5-9,13H,1,4,10-11H2,2H3/t13-/m0/s1. The Hall–Kier alpha value is -1.08. The van der Waals surface area contributed by atoms with Crippen LogP contribution in [-0.2, 0) is 11.2 Å². The summed E-state index contributed by atoms with van der Waals surface area (Å²) in [4.78, 5) is 0. The van der Waals surface area contributed by atoms with Crippen molar-refractivity contribution in [2.45, 2.75) is 25.9 Å². The Morgan fingerprint density at radius 3 is 2.64 bits per heavy atom. The lowest BCUT2D eigenvalue weighted by molar-refractivity contribution is 0.0908. The van der Waals surface area contributed by atoms with E-state index in [1.807, 2.05) is 19.1 Å². The minimum atomic E-state index is 0.195. The molecule has 0 saturated heterocycles. The highest BCUT2D eigenvalue weighted by Crippen LogP contribution is 2.07. The molecule has 1 nitrogen and oxygen atoms in total. The summed E-state index contributed by atoms with van der Waals surface area (Å²) in [7, 11) is 0. The first-order chi connectivity index (χ1) is 6.86. The predicted molar refractivity (Wildman–Crippen MR) is 60.4 cm³/mol. The van der Waals surface area contributed by atoms with Gasteiger partial charge >= 0.3 is 0 Å². The summed E-state index contributed by atoms with van der Waals surface area (Å²) in [5.74, 6) is 0. The van der Waals surface area contributed by atoms with Gasteiger partial charge in [-0.1, -0.05) is 36.4 Å². The Morgan fingerprint density at radius 1 is 1.36 bits per heavy atom. The summed E-state index contributed by atoms with van der Waals surface area (Å²) in [6.07, 6.45) is 4.14. The molecule has 0 bridgehead atoms. The third-order valence-corrected chi connectivity index (χ3v) is 2.20. The van der Waals surface area contributed by atoms with Crippen molar-refractivity contribution in [1.82, 2.24) is 0 Å². The highest BCUT2D eigenvalue weighted by molar-refractivity contribution is 5.14. The summed E-state index contributed by atoms with van der Waals surface area (Å²) in [6, 6.07) is 10.5. The summed E-state index contributed by atoms with van der Waals surface area (Å²) in [5, 5.41) is 0. The molecule has 0 unspecified atom stereocenters. The van der Waals surface area contributed by atoms with Crippen molar-refractivity contribution in [3.8, 4) is 0 Å². The van der Waals surface area contributed by atoms with E-state index in [0.717, 1.165) is 19.4 Å². The van der Waals surface area contributed by atoms with Crippen LogP contribution in [0.4, 0.5) is 0 Å². The number of hydrogen-bond acceptors (Lipinski definition) is 1. The molecular weight excluding hydrogens is 172 g/mol. The smallest absolute Gasteiger partial charge is 0.0756 e. The molecule has 1 aromatic carbocycles. The maximum absolute atomic E-state index is 5.49. The molecule has 76 valence electrons. The Morgan fingerprint density at radius 2 is 2.07 bits per heavy atom. The van der Waals surface area contributed by atoms with E-state index in [4.69, 9.17) is 4.74 Å². The third kappa shape index (κ3) is 3.75. The van der Waals surface area contributed by atoms with Gasteiger partial charge in [0.05, 0.1) is 6.10 Å². The van der Waals surface area contributed by atoms with Gasteiger partial charge in [-0.2, -0.15) is 0 Å². The predicted octanol–water partition coefficient (Wildman–Crippen LogP) is 3.21. The highest BCUT2D eigenvalue weighted by Gasteiger charge is 2.02. The fourth-order valence-corrected chi connectivity index (χ4v) is 1.44. The lowest BCUT2D eigenvalue weighted by atomic mass is 10.1. The zero-order chi connectivity index (χ0) is 10.2. The van der Waals surface area contributed by atoms with Gasteiger partial charge in [0.2, 0.25) is 0 Å². The van der Waals surface area contributed by atoms with Crippen LogP contribution in [0, 0.1) is 0 Å². The molecule has 0 aliphatic heterocycles. The van der Waals surface area contributed by atoms with Crippen LogP contribution in [0.15, 0.2) is 43.0 Å². The van der Waals surface area contributed by atoms with Crippen molar-refractivity contribution in [2.24, 2.45) is 0 Å². The van der Waals surface area contributed by atoms with Gasteiger partial charge in [-0.15, -0.1) is 6.58 Å². The largest absolute Gasteiger partial charge is 0.374 e. The van der Waals surface area contributed by atoms with Crippen LogP contribution in [-0.4, -0.2) is 12.7 Å². The van der Waals surface area contributed by atoms with E-state index in [1.165, 1.54) is 5.56 Å². The number of rotatable bonds is 6. The minimum Gasteiger partial charge on any atom is -0.374 e. The topological polar surface area (TPSA) is 9.23 Å². The fourth-order valence-electron chi connectivity index (χ4n) is 1.44. The second-order valence-corrected chi connectivity index (χ2v) is 3.25. The summed E-state index contributed by atoms with van der Waals surface area (Å²) in [6.45, 7) is 6.54. The minimum absolute atomic E-state index is 0.195. The first-order valence-corrected chi connectivity index (χ1v) is 5.15. The van der Waals surface area contributed by atoms with E-state index < -0.39 is 0 Å². The molecular formula is C13H18O. The Kier molecular flexibility index (Phi) is 5.02. The Bertz CT molecular complexity index is 253. The lowest BCUT2D eigenvalue weighted by Gasteiger charge is -2.11. The fraction of sp³-hybridized carbons (Fsp3) is 0.385. The molecule has 1 heteroatoms. The first-order valence-electron chi connectivity index (χ1n) is 5.15. The Balaban J connectivity index is 2.35. The van der Waals surface area contributed by atoms with Gasteiger partial charge in [0, 0.05) is 6.61 Å². The van der Waals surface area contributed by atoms with Crippen molar-refractivity contribution in [3.05, 3.63) is 48.6 Å². The van der Waals surface area contributed by atoms with E-state index in [2.05, 4.69) is 30.8 Å². The quantitative estimate of drug-likeness (QED) is 0.626. The molecule has 0 aliphatic rings. The second kappa shape index (κ2) is 6.39. The van der Waals surface area contributed by atoms with Crippen LogP contribution in [0.5, 0.6) is 0 Å². The molecule has 0 spiro atoms.